The lowest BCUT2D eigenvalue weighted by Crippen LogP contribution is -2.34. The average Bonchev–Trinajstić information content (AvgIpc) is 2.83. The van der Waals surface area contributed by atoms with Gasteiger partial charge in [0.05, 0.1) is 30.9 Å². The van der Waals surface area contributed by atoms with E-state index in [1.54, 1.807) is 47.6 Å². The van der Waals surface area contributed by atoms with Crippen molar-refractivity contribution in [2.45, 2.75) is 26.4 Å². The number of pyridine rings is 1. The maximum atomic E-state index is 13.6. The van der Waals surface area contributed by atoms with Gasteiger partial charge in [0.1, 0.15) is 11.6 Å². The van der Waals surface area contributed by atoms with Gasteiger partial charge in [0, 0.05) is 29.4 Å². The number of rotatable bonds is 6. The van der Waals surface area contributed by atoms with E-state index in [-0.39, 0.29) is 12.5 Å². The summed E-state index contributed by atoms with van der Waals surface area (Å²) in [5.41, 5.74) is 8.65. The molecule has 162 valence electrons. The summed E-state index contributed by atoms with van der Waals surface area (Å²) in [4.78, 5) is 28.4. The normalized spacial score (nSPS) is 11.8. The number of carbonyl (C=O) groups excluding carboxylic acids is 1. The number of fused-ring (bicyclic) bond motifs is 1. The van der Waals surface area contributed by atoms with Crippen LogP contribution >= 0.6 is 0 Å². The second-order valence-corrected chi connectivity index (χ2v) is 7.38. The molecule has 1 unspecified atom stereocenters. The number of ether oxygens (including phenoxy) is 1. The fraction of sp³-hybridized carbons (Fsp3) is 0.217. The second kappa shape index (κ2) is 8.93. The van der Waals surface area contributed by atoms with Crippen molar-refractivity contribution < 1.29 is 9.53 Å². The molecule has 1 amide bonds. The lowest BCUT2D eigenvalue weighted by molar-refractivity contribution is 0.0663. The number of carbonyl (C=O) groups is 1. The fourth-order valence-corrected chi connectivity index (χ4v) is 3.36. The largest absolute Gasteiger partial charge is 0.480 e. The van der Waals surface area contributed by atoms with Gasteiger partial charge in [-0.15, -0.1) is 5.10 Å². The van der Waals surface area contributed by atoms with Crippen molar-refractivity contribution in [2.75, 3.05) is 12.8 Å². The average molecular weight is 429 g/mol. The Morgan fingerprint density at radius 2 is 1.91 bits per heavy atom. The van der Waals surface area contributed by atoms with Gasteiger partial charge in [-0.2, -0.15) is 5.10 Å². The van der Waals surface area contributed by atoms with Crippen LogP contribution in [0.1, 0.15) is 40.4 Å². The van der Waals surface area contributed by atoms with Gasteiger partial charge >= 0.3 is 0 Å². The lowest BCUT2D eigenvalue weighted by Gasteiger charge is -2.28. The summed E-state index contributed by atoms with van der Waals surface area (Å²) in [5.74, 6) is 1.24. The maximum absolute atomic E-state index is 13.6. The van der Waals surface area contributed by atoms with E-state index in [0.29, 0.717) is 28.8 Å². The highest BCUT2D eigenvalue weighted by atomic mass is 16.5. The molecule has 0 fully saturated rings. The molecule has 3 aromatic heterocycles. The van der Waals surface area contributed by atoms with Crippen molar-refractivity contribution in [1.29, 1.82) is 0 Å². The third-order valence-electron chi connectivity index (χ3n) is 5.22. The first-order valence-electron chi connectivity index (χ1n) is 10.1. The van der Waals surface area contributed by atoms with Crippen molar-refractivity contribution in [3.8, 4) is 5.88 Å². The Morgan fingerprint density at radius 1 is 1.12 bits per heavy atom. The zero-order valence-corrected chi connectivity index (χ0v) is 18.1. The highest BCUT2D eigenvalue weighted by Crippen LogP contribution is 2.25. The molecule has 9 heteroatoms. The Morgan fingerprint density at radius 3 is 2.59 bits per heavy atom. The molecule has 1 atom stereocenters. The van der Waals surface area contributed by atoms with E-state index >= 15 is 0 Å². The fourth-order valence-electron chi connectivity index (χ4n) is 3.36. The predicted molar refractivity (Wildman–Crippen MR) is 120 cm³/mol. The van der Waals surface area contributed by atoms with Crippen molar-refractivity contribution in [3.63, 3.8) is 0 Å². The number of amides is 1. The monoisotopic (exact) mass is 429 g/mol. The number of anilines is 1. The van der Waals surface area contributed by atoms with Crippen LogP contribution < -0.4 is 10.5 Å². The van der Waals surface area contributed by atoms with Crippen molar-refractivity contribution >= 4 is 22.6 Å². The topological polar surface area (TPSA) is 120 Å². The molecule has 1 aromatic carbocycles. The van der Waals surface area contributed by atoms with Gasteiger partial charge in [0.25, 0.3) is 5.91 Å². The third-order valence-corrected chi connectivity index (χ3v) is 5.22. The van der Waals surface area contributed by atoms with E-state index in [9.17, 15) is 4.79 Å². The van der Waals surface area contributed by atoms with Gasteiger partial charge < -0.3 is 15.4 Å². The number of aryl methyl sites for hydroxylation is 1. The van der Waals surface area contributed by atoms with Crippen LogP contribution in [0.2, 0.25) is 0 Å². The number of aromatic nitrogens is 5. The number of nitrogens with two attached hydrogens (primary N) is 1. The highest BCUT2D eigenvalue weighted by Gasteiger charge is 2.26. The molecule has 0 saturated carbocycles. The molecule has 2 N–H and O–H groups in total. The van der Waals surface area contributed by atoms with Crippen molar-refractivity contribution in [3.05, 3.63) is 77.5 Å². The first kappa shape index (κ1) is 21.1. The number of benzene rings is 1. The Bertz CT molecular complexity index is 1250. The van der Waals surface area contributed by atoms with Crippen LogP contribution in [0, 0.1) is 6.92 Å². The molecule has 0 spiro atoms. The van der Waals surface area contributed by atoms with Crippen molar-refractivity contribution in [1.82, 2.24) is 30.0 Å². The summed E-state index contributed by atoms with van der Waals surface area (Å²) >= 11 is 0. The van der Waals surface area contributed by atoms with Crippen LogP contribution in [0.4, 0.5) is 5.82 Å². The molecule has 9 nitrogen and oxygen atoms in total. The van der Waals surface area contributed by atoms with Crippen LogP contribution in [0.15, 0.2) is 54.9 Å². The highest BCUT2D eigenvalue weighted by molar-refractivity contribution is 5.98. The Labute approximate surface area is 185 Å². The zero-order valence-electron chi connectivity index (χ0n) is 18.1. The van der Waals surface area contributed by atoms with Gasteiger partial charge in [0.2, 0.25) is 5.88 Å². The van der Waals surface area contributed by atoms with E-state index in [4.69, 9.17) is 10.5 Å². The van der Waals surface area contributed by atoms with Gasteiger partial charge in [-0.25, -0.2) is 15.0 Å². The Kier molecular flexibility index (Phi) is 5.89. The summed E-state index contributed by atoms with van der Waals surface area (Å²) in [6.45, 7) is 4.00. The van der Waals surface area contributed by atoms with E-state index < -0.39 is 6.04 Å². The van der Waals surface area contributed by atoms with E-state index in [1.807, 2.05) is 26.0 Å². The molecule has 0 aliphatic heterocycles. The molecule has 32 heavy (non-hydrogen) atoms. The van der Waals surface area contributed by atoms with Gasteiger partial charge in [-0.05, 0) is 55.8 Å². The van der Waals surface area contributed by atoms with E-state index in [0.717, 1.165) is 16.5 Å². The summed E-state index contributed by atoms with van der Waals surface area (Å²) in [5, 5.41) is 9.03. The number of methoxy groups -OCH3 is 1. The van der Waals surface area contributed by atoms with Crippen LogP contribution in [0.5, 0.6) is 5.88 Å². The van der Waals surface area contributed by atoms with Gasteiger partial charge in [0.15, 0.2) is 0 Å². The van der Waals surface area contributed by atoms with Crippen LogP contribution in [-0.2, 0) is 6.54 Å². The third kappa shape index (κ3) is 4.31. The number of hydrogen-bond acceptors (Lipinski definition) is 8. The molecule has 0 bridgehead atoms. The Hall–Kier alpha value is -4.14. The number of nitrogen functional groups attached to an aromatic ring is 1. The minimum atomic E-state index is -0.394. The molecule has 3 heterocycles. The van der Waals surface area contributed by atoms with E-state index in [2.05, 4.69) is 25.1 Å². The standard InChI is InChI=1S/C23H23N7O2/c1-14-11-17-12-16(5-7-19(17)27-21(14)24)23(31)30(15(2)22-25-9-4-10-26-22)13-18-6-8-20(32-3)29-28-18/h4-12,15H,13H2,1-3H3,(H2,24,27). The zero-order chi connectivity index (χ0) is 22.7. The minimum absolute atomic E-state index is 0.182. The summed E-state index contributed by atoms with van der Waals surface area (Å²) in [7, 11) is 1.53. The lowest BCUT2D eigenvalue weighted by atomic mass is 10.1. The molecule has 0 aliphatic carbocycles. The minimum Gasteiger partial charge on any atom is -0.480 e. The summed E-state index contributed by atoms with van der Waals surface area (Å²) in [6.07, 6.45) is 3.31. The quantitative estimate of drug-likeness (QED) is 0.496. The summed E-state index contributed by atoms with van der Waals surface area (Å²) < 4.78 is 5.08. The molecular weight excluding hydrogens is 406 g/mol. The SMILES string of the molecule is COc1ccc(CN(C(=O)c2ccc3nc(N)c(C)cc3c2)C(C)c2ncccn2)nn1. The second-order valence-electron chi connectivity index (χ2n) is 7.38. The molecular formula is C23H23N7O2. The molecule has 0 saturated heterocycles. The van der Waals surface area contributed by atoms with Crippen molar-refractivity contribution in [2.24, 2.45) is 0 Å². The smallest absolute Gasteiger partial charge is 0.254 e. The van der Waals surface area contributed by atoms with Gasteiger partial charge in [-0.1, -0.05) is 0 Å². The van der Waals surface area contributed by atoms with Crippen LogP contribution in [-0.4, -0.2) is 43.1 Å². The van der Waals surface area contributed by atoms with Gasteiger partial charge in [-0.3, -0.25) is 4.79 Å². The molecule has 0 radical (unpaired) electrons. The first-order chi connectivity index (χ1) is 15.5. The van der Waals surface area contributed by atoms with Crippen LogP contribution in [0.3, 0.4) is 0 Å². The summed E-state index contributed by atoms with van der Waals surface area (Å²) in [6, 6.07) is 12.1. The number of hydrogen-bond donors (Lipinski definition) is 1. The maximum Gasteiger partial charge on any atom is 0.254 e. The molecule has 0 aliphatic rings. The molecule has 4 rings (SSSR count). The first-order valence-corrected chi connectivity index (χ1v) is 10.1. The van der Waals surface area contributed by atoms with Crippen LogP contribution in [0.25, 0.3) is 10.9 Å². The predicted octanol–water partition coefficient (Wildman–Crippen LogP) is 3.12. The Balaban J connectivity index is 1.71. The molecule has 4 aromatic rings. The number of nitrogens with zero attached hydrogens (tertiary/aromatic N) is 6. The van der Waals surface area contributed by atoms with E-state index in [1.165, 1.54) is 7.11 Å².